The Bertz CT molecular complexity index is 933. The van der Waals surface area contributed by atoms with Crippen LogP contribution in [0, 0.1) is 20.8 Å². The molecule has 0 N–H and O–H groups in total. The van der Waals surface area contributed by atoms with Crippen LogP contribution in [-0.2, 0) is 21.2 Å². The van der Waals surface area contributed by atoms with Crippen LogP contribution in [0.15, 0.2) is 29.6 Å². The molecule has 27 heavy (non-hydrogen) atoms. The van der Waals surface area contributed by atoms with Gasteiger partial charge in [-0.3, -0.25) is 4.79 Å². The SMILES string of the molecule is Cc1ccc(OCC(=O)N(Cc2sccc2C)[C@H]2CCS(=O)(=O)C2)cc1C. The molecule has 2 aromatic rings. The lowest BCUT2D eigenvalue weighted by molar-refractivity contribution is -0.135. The van der Waals surface area contributed by atoms with Crippen molar-refractivity contribution in [3.05, 3.63) is 51.2 Å². The van der Waals surface area contributed by atoms with Gasteiger partial charge < -0.3 is 9.64 Å². The summed E-state index contributed by atoms with van der Waals surface area (Å²) in [5.41, 5.74) is 3.39. The fraction of sp³-hybridized carbons (Fsp3) is 0.450. The third kappa shape index (κ3) is 4.90. The van der Waals surface area contributed by atoms with Crippen LogP contribution in [0.5, 0.6) is 5.75 Å². The van der Waals surface area contributed by atoms with Crippen LogP contribution in [0.1, 0.15) is 28.0 Å². The maximum absolute atomic E-state index is 12.9. The number of nitrogens with zero attached hydrogens (tertiary/aromatic N) is 1. The largest absolute Gasteiger partial charge is 0.484 e. The Balaban J connectivity index is 1.73. The Morgan fingerprint density at radius 3 is 2.56 bits per heavy atom. The van der Waals surface area contributed by atoms with Crippen molar-refractivity contribution >= 4 is 27.1 Å². The molecule has 0 spiro atoms. The molecule has 146 valence electrons. The van der Waals surface area contributed by atoms with E-state index in [1.165, 1.54) is 5.56 Å². The number of aryl methyl sites for hydroxylation is 3. The number of amides is 1. The quantitative estimate of drug-likeness (QED) is 0.737. The van der Waals surface area contributed by atoms with E-state index in [4.69, 9.17) is 4.74 Å². The predicted octanol–water partition coefficient (Wildman–Crippen LogP) is 3.27. The molecular weight excluding hydrogens is 382 g/mol. The van der Waals surface area contributed by atoms with Crippen LogP contribution in [0.3, 0.4) is 0 Å². The van der Waals surface area contributed by atoms with Crippen molar-refractivity contribution in [3.63, 3.8) is 0 Å². The number of hydrogen-bond donors (Lipinski definition) is 0. The smallest absolute Gasteiger partial charge is 0.261 e. The summed E-state index contributed by atoms with van der Waals surface area (Å²) in [6, 6.07) is 7.46. The molecule has 1 aromatic carbocycles. The van der Waals surface area contributed by atoms with Crippen LogP contribution in [0.2, 0.25) is 0 Å². The second-order valence-corrected chi connectivity index (χ2v) is 10.4. The minimum atomic E-state index is -3.07. The van der Waals surface area contributed by atoms with Crippen LogP contribution in [0.25, 0.3) is 0 Å². The monoisotopic (exact) mass is 407 g/mol. The average Bonchev–Trinajstić information content (AvgIpc) is 3.18. The van der Waals surface area contributed by atoms with E-state index >= 15 is 0 Å². The minimum absolute atomic E-state index is 0.0345. The number of sulfone groups is 1. The molecule has 0 saturated carbocycles. The molecule has 1 aliphatic rings. The van der Waals surface area contributed by atoms with Crippen molar-refractivity contribution in [2.75, 3.05) is 18.1 Å². The topological polar surface area (TPSA) is 63.7 Å². The van der Waals surface area contributed by atoms with E-state index in [2.05, 4.69) is 0 Å². The number of benzene rings is 1. The Hall–Kier alpha value is -1.86. The fourth-order valence-corrected chi connectivity index (χ4v) is 5.83. The summed E-state index contributed by atoms with van der Waals surface area (Å²) >= 11 is 1.59. The summed E-state index contributed by atoms with van der Waals surface area (Å²) in [6.07, 6.45) is 0.488. The van der Waals surface area contributed by atoms with E-state index < -0.39 is 9.84 Å². The van der Waals surface area contributed by atoms with E-state index in [1.807, 2.05) is 50.4 Å². The summed E-state index contributed by atoms with van der Waals surface area (Å²) in [6.45, 7) is 6.36. The summed E-state index contributed by atoms with van der Waals surface area (Å²) in [7, 11) is -3.07. The van der Waals surface area contributed by atoms with Gasteiger partial charge in [0.2, 0.25) is 0 Å². The first-order valence-corrected chi connectivity index (χ1v) is 11.7. The van der Waals surface area contributed by atoms with Gasteiger partial charge in [0.15, 0.2) is 16.4 Å². The van der Waals surface area contributed by atoms with E-state index in [0.717, 1.165) is 16.0 Å². The average molecular weight is 408 g/mol. The number of carbonyl (C=O) groups is 1. The zero-order valence-electron chi connectivity index (χ0n) is 15.9. The molecule has 1 saturated heterocycles. The number of carbonyl (C=O) groups excluding carboxylic acids is 1. The minimum Gasteiger partial charge on any atom is -0.484 e. The van der Waals surface area contributed by atoms with Crippen LogP contribution >= 0.6 is 11.3 Å². The molecule has 1 aromatic heterocycles. The summed E-state index contributed by atoms with van der Waals surface area (Å²) in [5.74, 6) is 0.649. The lowest BCUT2D eigenvalue weighted by atomic mass is 10.1. The first kappa shape index (κ1) is 19.9. The number of rotatable bonds is 6. The first-order valence-electron chi connectivity index (χ1n) is 8.98. The first-order chi connectivity index (χ1) is 12.7. The fourth-order valence-electron chi connectivity index (χ4n) is 3.19. The van der Waals surface area contributed by atoms with E-state index in [-0.39, 0.29) is 30.1 Å². The van der Waals surface area contributed by atoms with Gasteiger partial charge in [0.1, 0.15) is 5.75 Å². The molecule has 5 nitrogen and oxygen atoms in total. The second-order valence-electron chi connectivity index (χ2n) is 7.14. The Labute approximate surface area is 164 Å². The van der Waals surface area contributed by atoms with Gasteiger partial charge in [0, 0.05) is 10.9 Å². The van der Waals surface area contributed by atoms with Gasteiger partial charge in [-0.15, -0.1) is 11.3 Å². The van der Waals surface area contributed by atoms with E-state index in [1.54, 1.807) is 16.2 Å². The molecule has 1 amide bonds. The molecule has 2 heterocycles. The van der Waals surface area contributed by atoms with Crippen molar-refractivity contribution < 1.29 is 17.9 Å². The third-order valence-corrected chi connectivity index (χ3v) is 7.85. The summed E-state index contributed by atoms with van der Waals surface area (Å²) in [5, 5.41) is 1.99. The molecule has 3 rings (SSSR count). The zero-order chi connectivity index (χ0) is 19.6. The molecule has 1 fully saturated rings. The standard InChI is InChI=1S/C20H25NO4S2/c1-14-4-5-18(10-16(14)3)25-12-20(22)21(11-19-15(2)6-8-26-19)17-7-9-27(23,24)13-17/h4-6,8,10,17H,7,9,11-13H2,1-3H3/t17-/m0/s1. The zero-order valence-corrected chi connectivity index (χ0v) is 17.5. The van der Waals surface area contributed by atoms with Gasteiger partial charge in [-0.1, -0.05) is 6.07 Å². The molecule has 0 unspecified atom stereocenters. The van der Waals surface area contributed by atoms with E-state index in [0.29, 0.717) is 18.7 Å². The number of ether oxygens (including phenoxy) is 1. The maximum atomic E-state index is 12.9. The van der Waals surface area contributed by atoms with Crippen LogP contribution < -0.4 is 4.74 Å². The van der Waals surface area contributed by atoms with Crippen LogP contribution in [0.4, 0.5) is 0 Å². The molecular formula is C20H25NO4S2. The molecule has 0 aliphatic carbocycles. The Kier molecular flexibility index (Phi) is 5.91. The Morgan fingerprint density at radius 2 is 1.96 bits per heavy atom. The van der Waals surface area contributed by atoms with Gasteiger partial charge in [0.25, 0.3) is 5.91 Å². The summed E-state index contributed by atoms with van der Waals surface area (Å²) in [4.78, 5) is 15.7. The lowest BCUT2D eigenvalue weighted by Gasteiger charge is -2.28. The Morgan fingerprint density at radius 1 is 1.19 bits per heavy atom. The van der Waals surface area contributed by atoms with Crippen molar-refractivity contribution in [1.82, 2.24) is 4.90 Å². The van der Waals surface area contributed by atoms with Gasteiger partial charge >= 0.3 is 0 Å². The van der Waals surface area contributed by atoms with Gasteiger partial charge in [-0.25, -0.2) is 8.42 Å². The normalized spacial score (nSPS) is 18.4. The lowest BCUT2D eigenvalue weighted by Crippen LogP contribution is -2.43. The maximum Gasteiger partial charge on any atom is 0.261 e. The number of hydrogen-bond acceptors (Lipinski definition) is 5. The highest BCUT2D eigenvalue weighted by atomic mass is 32.2. The van der Waals surface area contributed by atoms with Crippen molar-refractivity contribution in [2.45, 2.75) is 39.8 Å². The van der Waals surface area contributed by atoms with Gasteiger partial charge in [-0.05, 0) is 67.5 Å². The predicted molar refractivity (Wildman–Crippen MR) is 108 cm³/mol. The van der Waals surface area contributed by atoms with Gasteiger partial charge in [0.05, 0.1) is 18.1 Å². The van der Waals surface area contributed by atoms with E-state index in [9.17, 15) is 13.2 Å². The molecule has 7 heteroatoms. The van der Waals surface area contributed by atoms with Crippen LogP contribution in [-0.4, -0.2) is 43.4 Å². The molecule has 1 atom stereocenters. The molecule has 0 bridgehead atoms. The van der Waals surface area contributed by atoms with Crippen molar-refractivity contribution in [2.24, 2.45) is 0 Å². The molecule has 1 aliphatic heterocycles. The number of thiophene rings is 1. The van der Waals surface area contributed by atoms with Crippen molar-refractivity contribution in [1.29, 1.82) is 0 Å². The second kappa shape index (κ2) is 8.02. The molecule has 0 radical (unpaired) electrons. The highest BCUT2D eigenvalue weighted by Crippen LogP contribution is 2.24. The van der Waals surface area contributed by atoms with Crippen molar-refractivity contribution in [3.8, 4) is 5.75 Å². The highest BCUT2D eigenvalue weighted by molar-refractivity contribution is 7.91. The third-order valence-electron chi connectivity index (χ3n) is 5.09. The highest BCUT2D eigenvalue weighted by Gasteiger charge is 2.35. The van der Waals surface area contributed by atoms with Gasteiger partial charge in [-0.2, -0.15) is 0 Å². The summed E-state index contributed by atoms with van der Waals surface area (Å²) < 4.78 is 29.5.